The van der Waals surface area contributed by atoms with Crippen molar-refractivity contribution in [2.24, 2.45) is 7.05 Å². The molecule has 1 unspecified atom stereocenters. The normalized spacial score (nSPS) is 22.6. The van der Waals surface area contributed by atoms with Crippen LogP contribution in [-0.2, 0) is 16.9 Å². The van der Waals surface area contributed by atoms with Gasteiger partial charge in [0.2, 0.25) is 0 Å². The van der Waals surface area contributed by atoms with Crippen LogP contribution < -0.4 is 11.1 Å². The van der Waals surface area contributed by atoms with E-state index in [0.29, 0.717) is 12.1 Å². The van der Waals surface area contributed by atoms with E-state index in [9.17, 15) is 8.42 Å². The molecule has 6 nitrogen and oxygen atoms in total. The molecule has 18 heavy (non-hydrogen) atoms. The smallest absolute Gasteiger partial charge is 0.152 e. The molecule has 0 spiro atoms. The third-order valence-electron chi connectivity index (χ3n) is 3.23. The molecule has 1 aromatic rings. The van der Waals surface area contributed by atoms with Crippen molar-refractivity contribution in [3.8, 4) is 0 Å². The van der Waals surface area contributed by atoms with Crippen LogP contribution in [0.25, 0.3) is 0 Å². The van der Waals surface area contributed by atoms with Crippen LogP contribution in [0.5, 0.6) is 0 Å². The van der Waals surface area contributed by atoms with Crippen molar-refractivity contribution >= 4 is 21.3 Å². The number of nitrogens with two attached hydrogens (primary N) is 1. The second-order valence-electron chi connectivity index (χ2n) is 5.17. The van der Waals surface area contributed by atoms with E-state index in [4.69, 9.17) is 5.73 Å². The number of rotatable bonds is 3. The van der Waals surface area contributed by atoms with E-state index in [1.807, 2.05) is 20.9 Å². The van der Waals surface area contributed by atoms with E-state index >= 15 is 0 Å². The SMILES string of the molecule is CC(C)c1nn(C)c(NC2CCS(=O)(=O)C2)c1N. The molecule has 0 bridgehead atoms. The van der Waals surface area contributed by atoms with Crippen molar-refractivity contribution in [1.29, 1.82) is 0 Å². The van der Waals surface area contributed by atoms with Crippen molar-refractivity contribution in [2.45, 2.75) is 32.2 Å². The third kappa shape index (κ3) is 2.45. The molecule has 1 aliphatic rings. The van der Waals surface area contributed by atoms with E-state index < -0.39 is 9.84 Å². The molecule has 0 amide bonds. The van der Waals surface area contributed by atoms with Crippen LogP contribution in [0.1, 0.15) is 31.9 Å². The van der Waals surface area contributed by atoms with Crippen LogP contribution in [0.15, 0.2) is 0 Å². The van der Waals surface area contributed by atoms with Gasteiger partial charge in [-0.15, -0.1) is 0 Å². The molecule has 102 valence electrons. The monoisotopic (exact) mass is 272 g/mol. The molecule has 1 fully saturated rings. The topological polar surface area (TPSA) is 90.0 Å². The second kappa shape index (κ2) is 4.46. The van der Waals surface area contributed by atoms with E-state index in [0.717, 1.165) is 11.5 Å². The van der Waals surface area contributed by atoms with Gasteiger partial charge in [-0.3, -0.25) is 4.68 Å². The highest BCUT2D eigenvalue weighted by atomic mass is 32.2. The molecule has 2 heterocycles. The van der Waals surface area contributed by atoms with Crippen LogP contribution in [0.3, 0.4) is 0 Å². The summed E-state index contributed by atoms with van der Waals surface area (Å²) in [7, 11) is -1.07. The summed E-state index contributed by atoms with van der Waals surface area (Å²) in [5, 5.41) is 7.57. The largest absolute Gasteiger partial charge is 0.394 e. The number of nitrogen functional groups attached to an aromatic ring is 1. The third-order valence-corrected chi connectivity index (χ3v) is 5.00. The van der Waals surface area contributed by atoms with Crippen molar-refractivity contribution in [2.75, 3.05) is 22.6 Å². The fraction of sp³-hybridized carbons (Fsp3) is 0.727. The van der Waals surface area contributed by atoms with Gasteiger partial charge in [0.05, 0.1) is 22.9 Å². The van der Waals surface area contributed by atoms with Crippen LogP contribution in [0.2, 0.25) is 0 Å². The maximum Gasteiger partial charge on any atom is 0.152 e. The number of nitrogens with zero attached hydrogens (tertiary/aromatic N) is 2. The first-order valence-electron chi connectivity index (χ1n) is 6.09. The van der Waals surface area contributed by atoms with Gasteiger partial charge in [0.25, 0.3) is 0 Å². The molecular formula is C11H20N4O2S. The van der Waals surface area contributed by atoms with E-state index in [1.165, 1.54) is 0 Å². The predicted molar refractivity (Wildman–Crippen MR) is 72.4 cm³/mol. The lowest BCUT2D eigenvalue weighted by Gasteiger charge is -2.13. The van der Waals surface area contributed by atoms with Gasteiger partial charge in [-0.2, -0.15) is 5.10 Å². The van der Waals surface area contributed by atoms with Gasteiger partial charge in [-0.25, -0.2) is 8.42 Å². The Morgan fingerprint density at radius 3 is 2.61 bits per heavy atom. The fourth-order valence-electron chi connectivity index (χ4n) is 2.26. The second-order valence-corrected chi connectivity index (χ2v) is 7.40. The summed E-state index contributed by atoms with van der Waals surface area (Å²) in [6.07, 6.45) is 0.629. The van der Waals surface area contributed by atoms with Crippen LogP contribution >= 0.6 is 0 Å². The maximum atomic E-state index is 11.4. The number of hydrogen-bond donors (Lipinski definition) is 2. The Bertz CT molecular complexity index is 548. The molecule has 1 saturated heterocycles. The molecule has 1 aliphatic heterocycles. The van der Waals surface area contributed by atoms with E-state index in [1.54, 1.807) is 4.68 Å². The molecule has 3 N–H and O–H groups in total. The highest BCUT2D eigenvalue weighted by Gasteiger charge is 2.29. The van der Waals surface area contributed by atoms with Crippen molar-refractivity contribution in [3.05, 3.63) is 5.69 Å². The number of nitrogens with one attached hydrogen (secondary N) is 1. The van der Waals surface area contributed by atoms with Crippen molar-refractivity contribution in [1.82, 2.24) is 9.78 Å². The van der Waals surface area contributed by atoms with Crippen LogP contribution in [0.4, 0.5) is 11.5 Å². The number of anilines is 2. The summed E-state index contributed by atoms with van der Waals surface area (Å²) < 4.78 is 24.5. The zero-order valence-electron chi connectivity index (χ0n) is 11.0. The van der Waals surface area contributed by atoms with Gasteiger partial charge in [0.1, 0.15) is 5.82 Å². The molecule has 7 heteroatoms. The molecule has 0 saturated carbocycles. The van der Waals surface area contributed by atoms with Gasteiger partial charge in [-0.05, 0) is 12.3 Å². The average Bonchev–Trinajstić information content (AvgIpc) is 2.72. The van der Waals surface area contributed by atoms with Crippen LogP contribution in [-0.4, -0.2) is 35.7 Å². The van der Waals surface area contributed by atoms with Gasteiger partial charge >= 0.3 is 0 Å². The molecule has 1 atom stereocenters. The molecule has 0 radical (unpaired) electrons. The predicted octanol–water partition coefficient (Wildman–Crippen LogP) is 0.725. The first kappa shape index (κ1) is 13.2. The summed E-state index contributed by atoms with van der Waals surface area (Å²) >= 11 is 0. The number of aryl methyl sites for hydroxylation is 1. The van der Waals surface area contributed by atoms with Gasteiger partial charge < -0.3 is 11.1 Å². The minimum atomic E-state index is -2.88. The molecule has 2 rings (SSSR count). The lowest BCUT2D eigenvalue weighted by Crippen LogP contribution is -2.22. The summed E-state index contributed by atoms with van der Waals surface area (Å²) in [5.74, 6) is 1.40. The quantitative estimate of drug-likeness (QED) is 0.846. The molecule has 1 aromatic heterocycles. The Hall–Kier alpha value is -1.24. The van der Waals surface area contributed by atoms with E-state index in [2.05, 4.69) is 10.4 Å². The minimum absolute atomic E-state index is 0.0623. The molecular weight excluding hydrogens is 252 g/mol. The Labute approximate surface area is 107 Å². The highest BCUT2D eigenvalue weighted by Crippen LogP contribution is 2.29. The first-order valence-corrected chi connectivity index (χ1v) is 7.91. The highest BCUT2D eigenvalue weighted by molar-refractivity contribution is 7.91. The van der Waals surface area contributed by atoms with Gasteiger partial charge in [-0.1, -0.05) is 13.8 Å². The van der Waals surface area contributed by atoms with Gasteiger partial charge in [0.15, 0.2) is 9.84 Å². The summed E-state index contributed by atoms with van der Waals surface area (Å²) in [4.78, 5) is 0. The Morgan fingerprint density at radius 2 is 2.17 bits per heavy atom. The van der Waals surface area contributed by atoms with Gasteiger partial charge in [0, 0.05) is 13.1 Å². The Morgan fingerprint density at radius 1 is 1.50 bits per heavy atom. The number of hydrogen-bond acceptors (Lipinski definition) is 5. The lowest BCUT2D eigenvalue weighted by atomic mass is 10.1. The molecule has 0 aromatic carbocycles. The summed E-state index contributed by atoms with van der Waals surface area (Å²) in [6.45, 7) is 4.06. The number of sulfone groups is 1. The van der Waals surface area contributed by atoms with Crippen LogP contribution in [0, 0.1) is 0 Å². The average molecular weight is 272 g/mol. The summed E-state index contributed by atoms with van der Waals surface area (Å²) in [6, 6.07) is -0.0623. The standard InChI is InChI=1S/C11H20N4O2S/c1-7(2)10-9(12)11(15(3)14-10)13-8-4-5-18(16,17)6-8/h7-8,13H,4-6,12H2,1-3H3. The lowest BCUT2D eigenvalue weighted by molar-refractivity contribution is 0.601. The molecule has 0 aliphatic carbocycles. The Balaban J connectivity index is 2.20. The zero-order valence-corrected chi connectivity index (χ0v) is 11.8. The fourth-order valence-corrected chi connectivity index (χ4v) is 3.93. The zero-order chi connectivity index (χ0) is 13.5. The van der Waals surface area contributed by atoms with Crippen molar-refractivity contribution in [3.63, 3.8) is 0 Å². The maximum absolute atomic E-state index is 11.4. The summed E-state index contributed by atoms with van der Waals surface area (Å²) in [5.41, 5.74) is 7.53. The minimum Gasteiger partial charge on any atom is -0.394 e. The van der Waals surface area contributed by atoms with Crippen molar-refractivity contribution < 1.29 is 8.42 Å². The van der Waals surface area contributed by atoms with E-state index in [-0.39, 0.29) is 23.5 Å². The first-order chi connectivity index (χ1) is 8.30. The number of aromatic nitrogens is 2. The Kier molecular flexibility index (Phi) is 3.27.